The third-order valence-corrected chi connectivity index (χ3v) is 6.48. The van der Waals surface area contributed by atoms with Crippen LogP contribution in [0.5, 0.6) is 5.75 Å². The minimum Gasteiger partial charge on any atom is -0.508 e. The number of carboxylic acid groups (broad SMARTS) is 2. The lowest BCUT2D eigenvalue weighted by Crippen LogP contribution is -2.57. The number of aromatic hydroxyl groups is 1. The summed E-state index contributed by atoms with van der Waals surface area (Å²) in [7, 11) is 0. The quantitative estimate of drug-likeness (QED) is 0.0556. The molecule has 3 amide bonds. The summed E-state index contributed by atoms with van der Waals surface area (Å²) in [5, 5.41) is 35.4. The van der Waals surface area contributed by atoms with Crippen LogP contribution in [0.3, 0.4) is 0 Å². The molecule has 0 spiro atoms. The number of benzene rings is 2. The van der Waals surface area contributed by atoms with Gasteiger partial charge in [0.25, 0.3) is 0 Å². The van der Waals surface area contributed by atoms with E-state index in [0.717, 1.165) is 0 Å². The van der Waals surface area contributed by atoms with Crippen molar-refractivity contribution in [1.29, 1.82) is 0 Å². The highest BCUT2D eigenvalue weighted by molar-refractivity contribution is 5.94. The summed E-state index contributed by atoms with van der Waals surface area (Å²) >= 11 is 0. The number of carboxylic acids is 2. The SMILES string of the molecule is NC(N)=NCCCC(NC(=O)C(Cc1ccccc1)NC(=O)C(N)Cc1ccc(O)cc1)C(=O)NC(CCC(=O)O)C(=O)O. The molecule has 0 radical (unpaired) electrons. The third-order valence-electron chi connectivity index (χ3n) is 6.48. The van der Waals surface area contributed by atoms with Gasteiger partial charge in [-0.3, -0.25) is 24.2 Å². The fraction of sp³-hybridized carbons (Fsp3) is 0.379. The van der Waals surface area contributed by atoms with Crippen molar-refractivity contribution in [1.82, 2.24) is 16.0 Å². The standard InChI is InChI=1S/C29H39N7O8/c30-20(15-18-8-10-19(37)11-9-18)25(40)36-23(16-17-5-2-1-3-6-17)27(42)34-21(7-4-14-33-29(31)32)26(41)35-22(28(43)44)12-13-24(38)39/h1-3,5-6,8-11,20-23,37H,4,7,12-16,30H2,(H,34,42)(H,35,41)(H,36,40)(H,38,39)(H,43,44)(H4,31,32,33). The first-order chi connectivity index (χ1) is 20.8. The van der Waals surface area contributed by atoms with Crippen molar-refractivity contribution in [2.24, 2.45) is 22.2 Å². The van der Waals surface area contributed by atoms with Crippen LogP contribution in [0, 0.1) is 0 Å². The lowest BCUT2D eigenvalue weighted by Gasteiger charge is -2.25. The molecule has 12 N–H and O–H groups in total. The van der Waals surface area contributed by atoms with Gasteiger partial charge in [-0.15, -0.1) is 0 Å². The molecular weight excluding hydrogens is 574 g/mol. The first-order valence-corrected chi connectivity index (χ1v) is 13.8. The summed E-state index contributed by atoms with van der Waals surface area (Å²) in [4.78, 5) is 66.2. The predicted molar refractivity (Wildman–Crippen MR) is 160 cm³/mol. The molecule has 0 aliphatic heterocycles. The Morgan fingerprint density at radius 3 is 1.89 bits per heavy atom. The van der Waals surface area contributed by atoms with Crippen LogP contribution in [0.1, 0.15) is 36.8 Å². The number of nitrogens with zero attached hydrogens (tertiary/aromatic N) is 1. The normalized spacial score (nSPS) is 13.4. The van der Waals surface area contributed by atoms with Gasteiger partial charge < -0.3 is 48.5 Å². The maximum atomic E-state index is 13.6. The molecule has 0 aliphatic rings. The number of amides is 3. The Morgan fingerprint density at radius 1 is 0.727 bits per heavy atom. The van der Waals surface area contributed by atoms with Gasteiger partial charge in [0, 0.05) is 19.4 Å². The van der Waals surface area contributed by atoms with Crippen molar-refractivity contribution in [2.75, 3.05) is 6.54 Å². The molecular formula is C29H39N7O8. The molecule has 44 heavy (non-hydrogen) atoms. The number of rotatable bonds is 18. The van der Waals surface area contributed by atoms with E-state index in [9.17, 15) is 34.2 Å². The van der Waals surface area contributed by atoms with Gasteiger partial charge in [-0.2, -0.15) is 0 Å². The van der Waals surface area contributed by atoms with E-state index in [1.807, 2.05) is 0 Å². The van der Waals surface area contributed by atoms with Gasteiger partial charge in [-0.25, -0.2) is 4.79 Å². The van der Waals surface area contributed by atoms with E-state index in [-0.39, 0.29) is 50.4 Å². The van der Waals surface area contributed by atoms with Gasteiger partial charge in [-0.1, -0.05) is 42.5 Å². The summed E-state index contributed by atoms with van der Waals surface area (Å²) in [6, 6.07) is 9.93. The van der Waals surface area contributed by atoms with Gasteiger partial charge in [0.15, 0.2) is 5.96 Å². The second kappa shape index (κ2) is 17.7. The minimum absolute atomic E-state index is 0.00794. The number of carbonyl (C=O) groups excluding carboxylic acids is 3. The van der Waals surface area contributed by atoms with Crippen LogP contribution in [0.2, 0.25) is 0 Å². The van der Waals surface area contributed by atoms with Crippen LogP contribution in [0.4, 0.5) is 0 Å². The lowest BCUT2D eigenvalue weighted by molar-refractivity contribution is -0.143. The minimum atomic E-state index is -1.52. The molecule has 0 aliphatic carbocycles. The maximum absolute atomic E-state index is 13.6. The highest BCUT2D eigenvalue weighted by Crippen LogP contribution is 2.12. The summed E-state index contributed by atoms with van der Waals surface area (Å²) in [6.45, 7) is 0.111. The highest BCUT2D eigenvalue weighted by atomic mass is 16.4. The van der Waals surface area contributed by atoms with E-state index < -0.39 is 60.2 Å². The second-order valence-corrected chi connectivity index (χ2v) is 10.1. The zero-order valence-corrected chi connectivity index (χ0v) is 24.0. The summed E-state index contributed by atoms with van der Waals surface area (Å²) in [5.41, 5.74) is 18.2. The van der Waals surface area contributed by atoms with Gasteiger partial charge in [0.1, 0.15) is 23.9 Å². The molecule has 4 unspecified atom stereocenters. The molecule has 238 valence electrons. The topological polar surface area (TPSA) is 273 Å². The van der Waals surface area contributed by atoms with Crippen molar-refractivity contribution in [2.45, 2.75) is 62.7 Å². The van der Waals surface area contributed by atoms with Crippen molar-refractivity contribution >= 4 is 35.6 Å². The Balaban J connectivity index is 2.24. The molecule has 0 aromatic heterocycles. The number of hydrogen-bond acceptors (Lipinski definition) is 8. The number of aliphatic carboxylic acids is 2. The average molecular weight is 614 g/mol. The predicted octanol–water partition coefficient (Wildman–Crippen LogP) is -1.04. The Bertz CT molecular complexity index is 1300. The number of hydrogen-bond donors (Lipinski definition) is 9. The number of carbonyl (C=O) groups is 5. The van der Waals surface area contributed by atoms with Gasteiger partial charge in [0.05, 0.1) is 6.04 Å². The van der Waals surface area contributed by atoms with Gasteiger partial charge >= 0.3 is 11.9 Å². The van der Waals surface area contributed by atoms with Crippen LogP contribution in [-0.4, -0.2) is 81.7 Å². The van der Waals surface area contributed by atoms with Crippen molar-refractivity contribution < 1.29 is 39.3 Å². The number of nitrogens with one attached hydrogen (secondary N) is 3. The van der Waals surface area contributed by atoms with Crippen LogP contribution >= 0.6 is 0 Å². The zero-order chi connectivity index (χ0) is 32.6. The van der Waals surface area contributed by atoms with E-state index in [0.29, 0.717) is 11.1 Å². The highest BCUT2D eigenvalue weighted by Gasteiger charge is 2.30. The van der Waals surface area contributed by atoms with Gasteiger partial charge in [0.2, 0.25) is 17.7 Å². The average Bonchev–Trinajstić information content (AvgIpc) is 2.97. The molecule has 2 aromatic rings. The van der Waals surface area contributed by atoms with E-state index in [2.05, 4.69) is 20.9 Å². The molecule has 4 atom stereocenters. The lowest BCUT2D eigenvalue weighted by atomic mass is 10.0. The molecule has 15 nitrogen and oxygen atoms in total. The van der Waals surface area contributed by atoms with Crippen molar-refractivity contribution in [3.05, 3.63) is 65.7 Å². The largest absolute Gasteiger partial charge is 0.508 e. The van der Waals surface area contributed by atoms with E-state index >= 15 is 0 Å². The molecule has 2 rings (SSSR count). The summed E-state index contributed by atoms with van der Waals surface area (Å²) in [6.07, 6.45) is -0.509. The molecule has 15 heteroatoms. The molecule has 2 aromatic carbocycles. The van der Waals surface area contributed by atoms with E-state index in [4.69, 9.17) is 22.3 Å². The Labute approximate surface area is 253 Å². The van der Waals surface area contributed by atoms with E-state index in [1.165, 1.54) is 12.1 Å². The number of phenols is 1. The molecule has 0 fully saturated rings. The summed E-state index contributed by atoms with van der Waals surface area (Å²) in [5.74, 6) is -5.04. The smallest absolute Gasteiger partial charge is 0.326 e. The van der Waals surface area contributed by atoms with E-state index in [1.54, 1.807) is 42.5 Å². The molecule has 0 saturated carbocycles. The summed E-state index contributed by atoms with van der Waals surface area (Å²) < 4.78 is 0. The number of nitrogens with two attached hydrogens (primary N) is 3. The van der Waals surface area contributed by atoms with Crippen LogP contribution in [0.15, 0.2) is 59.6 Å². The molecule has 0 heterocycles. The van der Waals surface area contributed by atoms with Crippen LogP contribution in [0.25, 0.3) is 0 Å². The second-order valence-electron chi connectivity index (χ2n) is 10.1. The Morgan fingerprint density at radius 2 is 1.30 bits per heavy atom. The number of aliphatic imine (C=N–C) groups is 1. The Kier molecular flexibility index (Phi) is 14.1. The molecule has 0 saturated heterocycles. The first kappa shape index (κ1) is 35.0. The maximum Gasteiger partial charge on any atom is 0.326 e. The van der Waals surface area contributed by atoms with Crippen molar-refractivity contribution in [3.8, 4) is 5.75 Å². The third kappa shape index (κ3) is 12.8. The Hall–Kier alpha value is -5.18. The number of phenolic OH excluding ortho intramolecular Hbond substituents is 1. The zero-order valence-electron chi connectivity index (χ0n) is 24.0. The molecule has 0 bridgehead atoms. The van der Waals surface area contributed by atoms with Crippen LogP contribution < -0.4 is 33.2 Å². The first-order valence-electron chi connectivity index (χ1n) is 13.8. The van der Waals surface area contributed by atoms with Crippen molar-refractivity contribution in [3.63, 3.8) is 0 Å². The number of guanidine groups is 1. The fourth-order valence-electron chi connectivity index (χ4n) is 4.16. The monoisotopic (exact) mass is 613 g/mol. The van der Waals surface area contributed by atoms with Crippen LogP contribution in [-0.2, 0) is 36.8 Å². The van der Waals surface area contributed by atoms with Gasteiger partial charge in [-0.05, 0) is 48.9 Å². The fourth-order valence-corrected chi connectivity index (χ4v) is 4.16.